The summed E-state index contributed by atoms with van der Waals surface area (Å²) in [6, 6.07) is 11.5. The molecule has 1 unspecified atom stereocenters. The molecule has 2 rings (SSSR count). The summed E-state index contributed by atoms with van der Waals surface area (Å²) >= 11 is 3.16. The molecular formula is C18H19BrFNO3. The second kappa shape index (κ2) is 8.92. The van der Waals surface area contributed by atoms with Gasteiger partial charge in [0.2, 0.25) is 0 Å². The number of nitrogens with one attached hydrogen (secondary N) is 1. The van der Waals surface area contributed by atoms with Gasteiger partial charge >= 0.3 is 5.97 Å². The Bertz CT molecular complexity index is 691. The molecule has 2 aromatic rings. The molecule has 4 nitrogen and oxygen atoms in total. The van der Waals surface area contributed by atoms with Crippen molar-refractivity contribution >= 4 is 21.9 Å². The zero-order valence-corrected chi connectivity index (χ0v) is 14.6. The third kappa shape index (κ3) is 5.40. The van der Waals surface area contributed by atoms with Crippen molar-refractivity contribution in [2.75, 3.05) is 13.2 Å². The van der Waals surface area contributed by atoms with Crippen LogP contribution in [-0.4, -0.2) is 29.3 Å². The van der Waals surface area contributed by atoms with E-state index in [-0.39, 0.29) is 23.9 Å². The molecular weight excluding hydrogens is 377 g/mol. The normalized spacial score (nSPS) is 12.1. The quantitative estimate of drug-likeness (QED) is 0.641. The Hall–Kier alpha value is -1.76. The highest BCUT2D eigenvalue weighted by Gasteiger charge is 2.10. The number of aliphatic hydroxyl groups is 1. The van der Waals surface area contributed by atoms with Gasteiger partial charge in [-0.3, -0.25) is 0 Å². The highest BCUT2D eigenvalue weighted by atomic mass is 79.9. The molecule has 0 aromatic heterocycles. The van der Waals surface area contributed by atoms with Crippen LogP contribution in [0.2, 0.25) is 0 Å². The van der Waals surface area contributed by atoms with Crippen molar-refractivity contribution in [3.63, 3.8) is 0 Å². The van der Waals surface area contributed by atoms with Crippen molar-refractivity contribution < 1.29 is 19.4 Å². The molecule has 0 amide bonds. The van der Waals surface area contributed by atoms with E-state index in [9.17, 15) is 14.3 Å². The number of aliphatic hydroxyl groups excluding tert-OH is 1. The van der Waals surface area contributed by atoms with Crippen LogP contribution in [-0.2, 0) is 13.0 Å². The smallest absolute Gasteiger partial charge is 0.335 e. The predicted octanol–water partition coefficient (Wildman–Crippen LogP) is 3.23. The lowest BCUT2D eigenvalue weighted by Crippen LogP contribution is -2.26. The van der Waals surface area contributed by atoms with Crippen molar-refractivity contribution in [3.8, 4) is 0 Å². The maximum absolute atomic E-state index is 13.2. The van der Waals surface area contributed by atoms with Crippen LogP contribution < -0.4 is 5.32 Å². The summed E-state index contributed by atoms with van der Waals surface area (Å²) in [5.74, 6) is -1.23. The first-order valence-electron chi connectivity index (χ1n) is 7.57. The van der Waals surface area contributed by atoms with Gasteiger partial charge in [-0.1, -0.05) is 18.2 Å². The van der Waals surface area contributed by atoms with E-state index in [1.807, 2.05) is 0 Å². The number of aromatic carboxylic acids is 1. The Morgan fingerprint density at radius 3 is 2.42 bits per heavy atom. The van der Waals surface area contributed by atoms with E-state index < -0.39 is 5.97 Å². The van der Waals surface area contributed by atoms with Gasteiger partial charge in [0.1, 0.15) is 5.82 Å². The number of halogens is 2. The summed E-state index contributed by atoms with van der Waals surface area (Å²) < 4.78 is 13.7. The molecule has 2 aromatic carbocycles. The lowest BCUT2D eigenvalue weighted by molar-refractivity contribution is 0.0697. The number of carboxylic acid groups (broad SMARTS) is 1. The Kier molecular flexibility index (Phi) is 6.90. The summed E-state index contributed by atoms with van der Waals surface area (Å²) in [5.41, 5.74) is 2.19. The van der Waals surface area contributed by atoms with Gasteiger partial charge in [-0.2, -0.15) is 0 Å². The average Bonchev–Trinajstić information content (AvgIpc) is 2.57. The van der Waals surface area contributed by atoms with Crippen LogP contribution in [0.5, 0.6) is 0 Å². The Morgan fingerprint density at radius 1 is 1.17 bits per heavy atom. The zero-order chi connectivity index (χ0) is 17.5. The number of rotatable bonds is 8. The lowest BCUT2D eigenvalue weighted by Gasteiger charge is -2.15. The first-order chi connectivity index (χ1) is 11.5. The molecule has 24 heavy (non-hydrogen) atoms. The number of hydrogen-bond acceptors (Lipinski definition) is 3. The molecule has 0 saturated carbocycles. The van der Waals surface area contributed by atoms with Crippen molar-refractivity contribution in [3.05, 3.63) is 69.4 Å². The van der Waals surface area contributed by atoms with Gasteiger partial charge in [0, 0.05) is 19.7 Å². The number of carboxylic acids is 1. The largest absolute Gasteiger partial charge is 0.478 e. The monoisotopic (exact) mass is 395 g/mol. The molecule has 0 aliphatic rings. The van der Waals surface area contributed by atoms with Crippen molar-refractivity contribution in [1.29, 1.82) is 0 Å². The summed E-state index contributed by atoms with van der Waals surface area (Å²) in [6.45, 7) is 1.22. The summed E-state index contributed by atoms with van der Waals surface area (Å²) in [7, 11) is 0. The van der Waals surface area contributed by atoms with Crippen LogP contribution in [0, 0.1) is 11.7 Å². The number of benzene rings is 2. The van der Waals surface area contributed by atoms with E-state index in [0.717, 1.165) is 11.1 Å². The second-order valence-electron chi connectivity index (χ2n) is 5.63. The molecule has 0 radical (unpaired) electrons. The molecule has 0 bridgehead atoms. The highest BCUT2D eigenvalue weighted by molar-refractivity contribution is 9.10. The molecule has 128 valence electrons. The van der Waals surface area contributed by atoms with E-state index in [0.29, 0.717) is 24.0 Å². The standard InChI is InChI=1S/C18H19BrFNO3/c19-16-8-13(3-6-17(16)20)7-14(11-22)10-21-9-12-1-4-15(5-2-12)18(23)24/h1-6,8,14,21-22H,7,9-11H2,(H,23,24). The van der Waals surface area contributed by atoms with Crippen molar-refractivity contribution in [2.45, 2.75) is 13.0 Å². The third-order valence-electron chi connectivity index (χ3n) is 3.73. The van der Waals surface area contributed by atoms with Gasteiger partial charge in [0.05, 0.1) is 10.0 Å². The molecule has 0 saturated heterocycles. The first-order valence-corrected chi connectivity index (χ1v) is 8.36. The minimum atomic E-state index is -0.944. The van der Waals surface area contributed by atoms with Gasteiger partial charge in [-0.05, 0) is 63.7 Å². The predicted molar refractivity (Wildman–Crippen MR) is 93.5 cm³/mol. The molecule has 0 aliphatic carbocycles. The van der Waals surface area contributed by atoms with Crippen LogP contribution in [0.3, 0.4) is 0 Å². The van der Waals surface area contributed by atoms with Gasteiger partial charge in [-0.25, -0.2) is 9.18 Å². The Morgan fingerprint density at radius 2 is 1.83 bits per heavy atom. The first kappa shape index (κ1) is 18.6. The minimum Gasteiger partial charge on any atom is -0.478 e. The van der Waals surface area contributed by atoms with E-state index in [4.69, 9.17) is 5.11 Å². The van der Waals surface area contributed by atoms with Crippen LogP contribution in [0.15, 0.2) is 46.9 Å². The molecule has 0 aliphatic heterocycles. The van der Waals surface area contributed by atoms with E-state index in [2.05, 4.69) is 21.2 Å². The maximum atomic E-state index is 13.2. The molecule has 6 heteroatoms. The van der Waals surface area contributed by atoms with Crippen LogP contribution in [0.4, 0.5) is 4.39 Å². The Labute approximate surface area is 148 Å². The highest BCUT2D eigenvalue weighted by Crippen LogP contribution is 2.19. The molecule has 0 spiro atoms. The number of carbonyl (C=O) groups is 1. The SMILES string of the molecule is O=C(O)c1ccc(CNCC(CO)Cc2ccc(F)c(Br)c2)cc1. The van der Waals surface area contributed by atoms with Gasteiger partial charge in [-0.15, -0.1) is 0 Å². The van der Waals surface area contributed by atoms with E-state index >= 15 is 0 Å². The topological polar surface area (TPSA) is 69.6 Å². The van der Waals surface area contributed by atoms with Crippen molar-refractivity contribution in [2.24, 2.45) is 5.92 Å². The van der Waals surface area contributed by atoms with E-state index in [1.54, 1.807) is 36.4 Å². The molecule has 1 atom stereocenters. The summed E-state index contributed by atoms with van der Waals surface area (Å²) in [6.07, 6.45) is 0.639. The Balaban J connectivity index is 1.84. The molecule has 3 N–H and O–H groups in total. The fourth-order valence-electron chi connectivity index (χ4n) is 2.39. The molecule has 0 fully saturated rings. The maximum Gasteiger partial charge on any atom is 0.335 e. The summed E-state index contributed by atoms with van der Waals surface area (Å²) in [4.78, 5) is 10.8. The molecule has 0 heterocycles. The van der Waals surface area contributed by atoms with Crippen LogP contribution in [0.25, 0.3) is 0 Å². The van der Waals surface area contributed by atoms with Gasteiger partial charge in [0.15, 0.2) is 0 Å². The van der Waals surface area contributed by atoms with Crippen LogP contribution in [0.1, 0.15) is 21.5 Å². The van der Waals surface area contributed by atoms with Crippen LogP contribution >= 0.6 is 15.9 Å². The fraction of sp³-hybridized carbons (Fsp3) is 0.278. The van der Waals surface area contributed by atoms with E-state index in [1.165, 1.54) is 6.07 Å². The van der Waals surface area contributed by atoms with Crippen molar-refractivity contribution in [1.82, 2.24) is 5.32 Å². The zero-order valence-electron chi connectivity index (χ0n) is 13.0. The number of hydrogen-bond donors (Lipinski definition) is 3. The van der Waals surface area contributed by atoms with Gasteiger partial charge in [0.25, 0.3) is 0 Å². The fourth-order valence-corrected chi connectivity index (χ4v) is 2.81. The second-order valence-corrected chi connectivity index (χ2v) is 6.49. The minimum absolute atomic E-state index is 0.0145. The average molecular weight is 396 g/mol. The third-order valence-corrected chi connectivity index (χ3v) is 4.34. The van der Waals surface area contributed by atoms with Gasteiger partial charge < -0.3 is 15.5 Å². The lowest BCUT2D eigenvalue weighted by atomic mass is 10.00. The summed E-state index contributed by atoms with van der Waals surface area (Å²) in [5, 5.41) is 21.6.